The number of aromatic nitrogens is 2. The van der Waals surface area contributed by atoms with Gasteiger partial charge in [-0.3, -0.25) is 8.98 Å². The predicted octanol–water partition coefficient (Wildman–Crippen LogP) is 4.39. The van der Waals surface area contributed by atoms with E-state index in [1.807, 2.05) is 33.8 Å². The molecule has 1 heterocycles. The van der Waals surface area contributed by atoms with E-state index in [1.165, 1.54) is 12.1 Å². The van der Waals surface area contributed by atoms with Gasteiger partial charge in [-0.25, -0.2) is 5.10 Å². The maximum atomic E-state index is 12.2. The number of hydrogen-bond acceptors (Lipinski definition) is 7. The first-order chi connectivity index (χ1) is 16.0. The fourth-order valence-electron chi connectivity index (χ4n) is 3.01. The molecular formula is C24H27ClN2O6S. The molecule has 1 N–H and O–H groups in total. The minimum atomic E-state index is -3.85. The average Bonchev–Trinajstić information content (AvgIpc) is 2.77. The number of H-pyrrole nitrogens is 1. The molecule has 8 nitrogen and oxygen atoms in total. The molecule has 0 spiro atoms. The van der Waals surface area contributed by atoms with Crippen LogP contribution < -0.4 is 15.0 Å². The lowest BCUT2D eigenvalue weighted by Gasteiger charge is -2.21. The van der Waals surface area contributed by atoms with Crippen LogP contribution in [0.3, 0.4) is 0 Å². The lowest BCUT2D eigenvalue weighted by atomic mass is 9.91. The Morgan fingerprint density at radius 3 is 2.41 bits per heavy atom. The molecule has 3 aromatic rings. The molecule has 1 aromatic heterocycles. The van der Waals surface area contributed by atoms with Crippen molar-refractivity contribution in [2.75, 3.05) is 13.2 Å². The van der Waals surface area contributed by atoms with Crippen molar-refractivity contribution in [3.05, 3.63) is 80.7 Å². The summed E-state index contributed by atoms with van der Waals surface area (Å²) in [6.45, 7) is 7.71. The van der Waals surface area contributed by atoms with E-state index >= 15 is 0 Å². The highest BCUT2D eigenvalue weighted by molar-refractivity contribution is 7.86. The van der Waals surface area contributed by atoms with Gasteiger partial charge in [0, 0.05) is 5.41 Å². The molecule has 0 aliphatic rings. The van der Waals surface area contributed by atoms with Crippen molar-refractivity contribution in [1.29, 1.82) is 0 Å². The lowest BCUT2D eigenvalue weighted by molar-refractivity contribution is 0.220. The van der Waals surface area contributed by atoms with Crippen molar-refractivity contribution in [3.63, 3.8) is 0 Å². The average molecular weight is 507 g/mol. The number of hydrogen-bond donors (Lipinski definition) is 1. The van der Waals surface area contributed by atoms with Gasteiger partial charge in [0.05, 0.1) is 4.90 Å². The predicted molar refractivity (Wildman–Crippen MR) is 129 cm³/mol. The van der Waals surface area contributed by atoms with Gasteiger partial charge >= 0.3 is 0 Å². The second-order valence-electron chi connectivity index (χ2n) is 8.67. The van der Waals surface area contributed by atoms with Crippen LogP contribution in [0.4, 0.5) is 0 Å². The quantitative estimate of drug-likeness (QED) is 0.338. The Morgan fingerprint density at radius 1 is 1.03 bits per heavy atom. The first-order valence-corrected chi connectivity index (χ1v) is 12.4. The molecule has 0 fully saturated rings. The summed E-state index contributed by atoms with van der Waals surface area (Å²) in [5, 5.41) is 6.43. The monoisotopic (exact) mass is 506 g/mol. The van der Waals surface area contributed by atoms with Crippen LogP contribution in [0, 0.1) is 6.92 Å². The van der Waals surface area contributed by atoms with E-state index in [9.17, 15) is 13.2 Å². The summed E-state index contributed by atoms with van der Waals surface area (Å²) in [4.78, 5) is 12.0. The molecule has 0 aliphatic heterocycles. The molecule has 0 radical (unpaired) electrons. The summed E-state index contributed by atoms with van der Waals surface area (Å²) in [5.41, 5.74) is 1.34. The van der Waals surface area contributed by atoms with Gasteiger partial charge in [0.15, 0.2) is 10.8 Å². The Labute approximate surface area is 204 Å². The molecular weight excluding hydrogens is 480 g/mol. The second-order valence-corrected chi connectivity index (χ2v) is 10.7. The Bertz CT molecular complexity index is 1300. The molecule has 0 saturated carbocycles. The third-order valence-corrected chi connectivity index (χ3v) is 6.45. The maximum Gasteiger partial charge on any atom is 0.297 e. The molecule has 0 atom stereocenters. The Balaban J connectivity index is 1.59. The van der Waals surface area contributed by atoms with E-state index in [0.717, 1.165) is 11.1 Å². The Morgan fingerprint density at radius 2 is 1.74 bits per heavy atom. The number of halogens is 1. The van der Waals surface area contributed by atoms with E-state index in [1.54, 1.807) is 30.3 Å². The fraction of sp³-hybridized carbons (Fsp3) is 0.333. The summed E-state index contributed by atoms with van der Waals surface area (Å²) in [5.74, 6) is 0.752. The highest BCUT2D eigenvalue weighted by atomic mass is 35.5. The molecule has 3 rings (SSSR count). The van der Waals surface area contributed by atoms with Crippen LogP contribution in [-0.4, -0.2) is 31.8 Å². The van der Waals surface area contributed by atoms with Crippen LogP contribution in [0.15, 0.2) is 58.2 Å². The number of ether oxygens (including phenoxy) is 2. The zero-order chi connectivity index (χ0) is 24.9. The maximum absolute atomic E-state index is 12.2. The summed E-state index contributed by atoms with van der Waals surface area (Å²) in [7, 11) is -3.85. The van der Waals surface area contributed by atoms with Gasteiger partial charge in [0.2, 0.25) is 0 Å². The lowest BCUT2D eigenvalue weighted by Crippen LogP contribution is -2.22. The Kier molecular flexibility index (Phi) is 8.01. The van der Waals surface area contributed by atoms with E-state index in [0.29, 0.717) is 11.4 Å². The third-order valence-electron chi connectivity index (χ3n) is 4.78. The molecule has 0 aliphatic carbocycles. The summed E-state index contributed by atoms with van der Waals surface area (Å²) >= 11 is 6.18. The van der Waals surface area contributed by atoms with Gasteiger partial charge in [-0.1, -0.05) is 62.2 Å². The SMILES string of the molecule is Cc1ccc(S(=O)(=O)OCCOc2cccc(COc3c(C(C)(C)C)n[nH]c(=O)c3Cl)c2)cc1. The van der Waals surface area contributed by atoms with Crippen LogP contribution in [0.1, 0.15) is 37.6 Å². The number of aromatic amines is 1. The van der Waals surface area contributed by atoms with Gasteiger partial charge in [-0.15, -0.1) is 0 Å². The standard InChI is InChI=1S/C24H27ClN2O6S/c1-16-8-10-19(11-9-16)34(29,30)33-13-12-31-18-7-5-6-17(14-18)15-32-21-20(25)23(28)27-26-22(21)24(2,3)4/h5-11,14H,12-13,15H2,1-4H3,(H,27,28). The van der Waals surface area contributed by atoms with E-state index in [-0.39, 0.29) is 35.5 Å². The second kappa shape index (κ2) is 10.6. The summed E-state index contributed by atoms with van der Waals surface area (Å²) in [6, 6.07) is 13.5. The van der Waals surface area contributed by atoms with E-state index in [2.05, 4.69) is 10.2 Å². The van der Waals surface area contributed by atoms with E-state index in [4.69, 9.17) is 25.3 Å². The number of nitrogens with one attached hydrogen (secondary N) is 1. The van der Waals surface area contributed by atoms with Crippen LogP contribution in [0.5, 0.6) is 11.5 Å². The third kappa shape index (κ3) is 6.59. The van der Waals surface area contributed by atoms with E-state index < -0.39 is 21.1 Å². The summed E-state index contributed by atoms with van der Waals surface area (Å²) < 4.78 is 41.0. The van der Waals surface area contributed by atoms with Gasteiger partial charge < -0.3 is 9.47 Å². The topological polar surface area (TPSA) is 108 Å². The van der Waals surface area contributed by atoms with Gasteiger partial charge in [0.25, 0.3) is 15.7 Å². The van der Waals surface area contributed by atoms with Crippen LogP contribution in [-0.2, 0) is 26.3 Å². The van der Waals surface area contributed by atoms with Crippen molar-refractivity contribution in [2.24, 2.45) is 0 Å². The number of rotatable bonds is 9. The molecule has 0 bridgehead atoms. The molecule has 182 valence electrons. The van der Waals surface area contributed by atoms with Gasteiger partial charge in [0.1, 0.15) is 31.3 Å². The summed E-state index contributed by atoms with van der Waals surface area (Å²) in [6.07, 6.45) is 0. The van der Waals surface area contributed by atoms with Crippen LogP contribution in [0.2, 0.25) is 5.02 Å². The Hall–Kier alpha value is -2.88. The normalized spacial score (nSPS) is 11.9. The van der Waals surface area contributed by atoms with Crippen LogP contribution >= 0.6 is 11.6 Å². The molecule has 2 aromatic carbocycles. The number of benzene rings is 2. The van der Waals surface area contributed by atoms with Crippen LogP contribution in [0.25, 0.3) is 0 Å². The van der Waals surface area contributed by atoms with Crippen molar-refractivity contribution in [1.82, 2.24) is 10.2 Å². The zero-order valence-electron chi connectivity index (χ0n) is 19.4. The minimum Gasteiger partial charge on any atom is -0.491 e. The molecule has 0 amide bonds. The van der Waals surface area contributed by atoms with Gasteiger partial charge in [-0.2, -0.15) is 13.5 Å². The smallest absolute Gasteiger partial charge is 0.297 e. The molecule has 10 heteroatoms. The number of aryl methyl sites for hydroxylation is 1. The first-order valence-electron chi connectivity index (χ1n) is 10.6. The van der Waals surface area contributed by atoms with Gasteiger partial charge in [-0.05, 0) is 36.8 Å². The minimum absolute atomic E-state index is 0.0351. The fourth-order valence-corrected chi connectivity index (χ4v) is 4.09. The van der Waals surface area contributed by atoms with Crippen molar-refractivity contribution in [3.8, 4) is 11.5 Å². The van der Waals surface area contributed by atoms with Crippen molar-refractivity contribution < 1.29 is 22.1 Å². The zero-order valence-corrected chi connectivity index (χ0v) is 21.0. The molecule has 0 unspecified atom stereocenters. The highest BCUT2D eigenvalue weighted by Gasteiger charge is 2.25. The van der Waals surface area contributed by atoms with Crippen molar-refractivity contribution >= 4 is 21.7 Å². The largest absolute Gasteiger partial charge is 0.491 e. The first kappa shape index (κ1) is 25.7. The molecule has 34 heavy (non-hydrogen) atoms. The highest BCUT2D eigenvalue weighted by Crippen LogP contribution is 2.33. The number of nitrogens with zero attached hydrogens (tertiary/aromatic N) is 1. The molecule has 0 saturated heterocycles. The van der Waals surface area contributed by atoms with Crippen molar-refractivity contribution in [2.45, 2.75) is 44.6 Å².